The number of halogens is 1. The van der Waals surface area contributed by atoms with Crippen LogP contribution in [0.5, 0.6) is 0 Å². The summed E-state index contributed by atoms with van der Waals surface area (Å²) in [6.45, 7) is 2.55. The molecule has 0 saturated carbocycles. The van der Waals surface area contributed by atoms with Crippen molar-refractivity contribution in [1.29, 1.82) is 0 Å². The van der Waals surface area contributed by atoms with Crippen molar-refractivity contribution in [3.63, 3.8) is 0 Å². The second kappa shape index (κ2) is 6.18. The highest BCUT2D eigenvalue weighted by molar-refractivity contribution is 9.10. The van der Waals surface area contributed by atoms with Crippen molar-refractivity contribution in [3.05, 3.63) is 56.2 Å². The van der Waals surface area contributed by atoms with Gasteiger partial charge in [-0.2, -0.15) is 0 Å². The van der Waals surface area contributed by atoms with Crippen molar-refractivity contribution in [1.82, 2.24) is 0 Å². The summed E-state index contributed by atoms with van der Waals surface area (Å²) < 4.78 is 1.08. The minimum absolute atomic E-state index is 0.0576. The molecule has 0 aliphatic carbocycles. The standard InChI is InChI=1S/C15H18BrNOS/c1-11-2-4-12(5-3-11)15(9-17,10-18)7-14-6-13(16)8-19-14/h2-6,8,18H,7,9-10,17H2,1H3. The lowest BCUT2D eigenvalue weighted by Crippen LogP contribution is -2.40. The Balaban J connectivity index is 2.33. The molecule has 0 aliphatic heterocycles. The Hall–Kier alpha value is -0.680. The molecular weight excluding hydrogens is 322 g/mol. The van der Waals surface area contributed by atoms with Gasteiger partial charge < -0.3 is 10.8 Å². The maximum Gasteiger partial charge on any atom is 0.0543 e. The van der Waals surface area contributed by atoms with Crippen LogP contribution < -0.4 is 5.73 Å². The first-order chi connectivity index (χ1) is 9.09. The van der Waals surface area contributed by atoms with Gasteiger partial charge in [-0.25, -0.2) is 0 Å². The number of hydrogen-bond acceptors (Lipinski definition) is 3. The molecule has 1 aromatic carbocycles. The summed E-state index contributed by atoms with van der Waals surface area (Å²) in [6, 6.07) is 10.4. The maximum atomic E-state index is 9.88. The van der Waals surface area contributed by atoms with Gasteiger partial charge in [0.1, 0.15) is 0 Å². The van der Waals surface area contributed by atoms with Crippen molar-refractivity contribution < 1.29 is 5.11 Å². The molecule has 0 radical (unpaired) electrons. The van der Waals surface area contributed by atoms with Crippen molar-refractivity contribution in [3.8, 4) is 0 Å². The highest BCUT2D eigenvalue weighted by atomic mass is 79.9. The predicted molar refractivity (Wildman–Crippen MR) is 84.7 cm³/mol. The second-order valence-electron chi connectivity index (χ2n) is 4.92. The Bertz CT molecular complexity index is 531. The molecule has 1 aromatic heterocycles. The van der Waals surface area contributed by atoms with E-state index >= 15 is 0 Å². The van der Waals surface area contributed by atoms with Gasteiger partial charge in [-0.1, -0.05) is 29.8 Å². The van der Waals surface area contributed by atoms with Crippen LogP contribution in [-0.2, 0) is 11.8 Å². The zero-order valence-corrected chi connectivity index (χ0v) is 13.3. The molecule has 0 amide bonds. The Kier molecular flexibility index (Phi) is 4.79. The third-order valence-electron chi connectivity index (χ3n) is 3.49. The summed E-state index contributed by atoms with van der Waals surface area (Å²) in [5.41, 5.74) is 7.90. The van der Waals surface area contributed by atoms with E-state index in [-0.39, 0.29) is 6.61 Å². The van der Waals surface area contributed by atoms with E-state index in [9.17, 15) is 5.11 Å². The third-order valence-corrected chi connectivity index (χ3v) is 5.19. The predicted octanol–water partition coefficient (Wildman–Crippen LogP) is 3.25. The number of hydrogen-bond donors (Lipinski definition) is 2. The number of aliphatic hydroxyl groups excluding tert-OH is 1. The Morgan fingerprint density at radius 3 is 2.47 bits per heavy atom. The molecule has 0 saturated heterocycles. The average Bonchev–Trinajstić information content (AvgIpc) is 2.82. The van der Waals surface area contributed by atoms with Crippen LogP contribution in [0.15, 0.2) is 40.2 Å². The molecule has 1 unspecified atom stereocenters. The fraction of sp³-hybridized carbons (Fsp3) is 0.333. The van der Waals surface area contributed by atoms with Gasteiger partial charge in [0.2, 0.25) is 0 Å². The van der Waals surface area contributed by atoms with Crippen LogP contribution in [0.4, 0.5) is 0 Å². The Labute approximate surface area is 126 Å². The number of benzene rings is 1. The molecule has 0 aliphatic rings. The summed E-state index contributed by atoms with van der Waals surface area (Å²) in [4.78, 5) is 1.23. The van der Waals surface area contributed by atoms with Gasteiger partial charge in [0.25, 0.3) is 0 Å². The summed E-state index contributed by atoms with van der Waals surface area (Å²) in [6.07, 6.45) is 0.763. The molecule has 4 heteroatoms. The molecule has 2 rings (SSSR count). The van der Waals surface area contributed by atoms with E-state index in [0.717, 1.165) is 16.5 Å². The van der Waals surface area contributed by atoms with E-state index in [1.807, 2.05) is 0 Å². The lowest BCUT2D eigenvalue weighted by atomic mass is 9.77. The molecule has 2 aromatic rings. The van der Waals surface area contributed by atoms with Crippen LogP contribution in [0.25, 0.3) is 0 Å². The first-order valence-electron chi connectivity index (χ1n) is 6.20. The van der Waals surface area contributed by atoms with E-state index in [1.165, 1.54) is 10.4 Å². The minimum Gasteiger partial charge on any atom is -0.395 e. The van der Waals surface area contributed by atoms with E-state index in [2.05, 4.69) is 58.6 Å². The van der Waals surface area contributed by atoms with E-state index in [1.54, 1.807) is 11.3 Å². The summed E-state index contributed by atoms with van der Waals surface area (Å²) in [7, 11) is 0. The van der Waals surface area contributed by atoms with Gasteiger partial charge in [0.05, 0.1) is 6.61 Å². The van der Waals surface area contributed by atoms with Crippen molar-refractivity contribution in [2.75, 3.05) is 13.2 Å². The van der Waals surface area contributed by atoms with Gasteiger partial charge in [-0.15, -0.1) is 11.3 Å². The first-order valence-corrected chi connectivity index (χ1v) is 7.88. The quantitative estimate of drug-likeness (QED) is 0.878. The molecule has 0 fully saturated rings. The van der Waals surface area contributed by atoms with Crippen LogP contribution in [-0.4, -0.2) is 18.3 Å². The Morgan fingerprint density at radius 2 is 2.00 bits per heavy atom. The molecule has 19 heavy (non-hydrogen) atoms. The van der Waals surface area contributed by atoms with Crippen LogP contribution in [0, 0.1) is 6.92 Å². The number of rotatable bonds is 5. The topological polar surface area (TPSA) is 46.2 Å². The van der Waals surface area contributed by atoms with Gasteiger partial charge in [-0.3, -0.25) is 0 Å². The van der Waals surface area contributed by atoms with Gasteiger partial charge >= 0.3 is 0 Å². The first kappa shape index (κ1) is 14.7. The third kappa shape index (κ3) is 3.26. The molecule has 2 nitrogen and oxygen atoms in total. The molecule has 1 heterocycles. The molecular formula is C15H18BrNOS. The minimum atomic E-state index is -0.391. The van der Waals surface area contributed by atoms with Crippen LogP contribution in [0.3, 0.4) is 0 Å². The van der Waals surface area contributed by atoms with Crippen LogP contribution in [0.2, 0.25) is 0 Å². The zero-order chi connectivity index (χ0) is 13.9. The highest BCUT2D eigenvalue weighted by Crippen LogP contribution is 2.31. The highest BCUT2D eigenvalue weighted by Gasteiger charge is 2.31. The zero-order valence-electron chi connectivity index (χ0n) is 10.9. The SMILES string of the molecule is Cc1ccc(C(CN)(CO)Cc2cc(Br)cs2)cc1. The van der Waals surface area contributed by atoms with Crippen molar-refractivity contribution in [2.45, 2.75) is 18.8 Å². The smallest absolute Gasteiger partial charge is 0.0543 e. The number of aliphatic hydroxyl groups is 1. The number of aryl methyl sites for hydroxylation is 1. The van der Waals surface area contributed by atoms with E-state index in [4.69, 9.17) is 5.73 Å². The monoisotopic (exact) mass is 339 g/mol. The Morgan fingerprint density at radius 1 is 1.32 bits per heavy atom. The molecule has 102 valence electrons. The fourth-order valence-corrected chi connectivity index (χ4v) is 3.79. The molecule has 1 atom stereocenters. The van der Waals surface area contributed by atoms with Crippen molar-refractivity contribution in [2.24, 2.45) is 5.73 Å². The molecule has 0 spiro atoms. The van der Waals surface area contributed by atoms with E-state index in [0.29, 0.717) is 6.54 Å². The summed E-state index contributed by atoms with van der Waals surface area (Å²) in [5.74, 6) is 0. The maximum absolute atomic E-state index is 9.88. The van der Waals surface area contributed by atoms with Crippen molar-refractivity contribution >= 4 is 27.3 Å². The largest absolute Gasteiger partial charge is 0.395 e. The number of thiophene rings is 1. The molecule has 0 bridgehead atoms. The molecule has 3 N–H and O–H groups in total. The lowest BCUT2D eigenvalue weighted by Gasteiger charge is -2.31. The lowest BCUT2D eigenvalue weighted by molar-refractivity contribution is 0.197. The second-order valence-corrected chi connectivity index (χ2v) is 6.83. The van der Waals surface area contributed by atoms with E-state index < -0.39 is 5.41 Å². The fourth-order valence-electron chi connectivity index (χ4n) is 2.19. The van der Waals surface area contributed by atoms with Crippen LogP contribution in [0.1, 0.15) is 16.0 Å². The number of nitrogens with two attached hydrogens (primary N) is 1. The summed E-state index contributed by atoms with van der Waals surface area (Å²) in [5, 5.41) is 11.9. The van der Waals surface area contributed by atoms with Gasteiger partial charge in [-0.05, 0) is 40.9 Å². The van der Waals surface area contributed by atoms with Gasteiger partial charge in [0.15, 0.2) is 0 Å². The van der Waals surface area contributed by atoms with Gasteiger partial charge in [0, 0.05) is 26.7 Å². The van der Waals surface area contributed by atoms with Crippen LogP contribution >= 0.6 is 27.3 Å². The normalized spacial score (nSPS) is 14.3. The summed E-state index contributed by atoms with van der Waals surface area (Å²) >= 11 is 5.16. The average molecular weight is 340 g/mol.